The zero-order valence-corrected chi connectivity index (χ0v) is 9.33. The van der Waals surface area contributed by atoms with Crippen LogP contribution >= 0.6 is 11.6 Å². The van der Waals surface area contributed by atoms with Crippen molar-refractivity contribution in [3.63, 3.8) is 0 Å². The number of rotatable bonds is 3. The van der Waals surface area contributed by atoms with Gasteiger partial charge in [0.25, 0.3) is 0 Å². The Bertz CT molecular complexity index is 199. The minimum atomic E-state index is -0.236. The van der Waals surface area contributed by atoms with E-state index in [4.69, 9.17) is 11.6 Å². The smallest absolute Gasteiger partial charge is 0.223 e. The number of halogens is 1. The lowest BCUT2D eigenvalue weighted by molar-refractivity contribution is -0.134. The fraction of sp³-hybridized carbons (Fsp3) is 0.900. The van der Waals surface area contributed by atoms with Crippen LogP contribution in [0, 0.1) is 5.92 Å². The van der Waals surface area contributed by atoms with Crippen LogP contribution in [0.3, 0.4) is 0 Å². The quantitative estimate of drug-likeness (QED) is 0.726. The molecule has 0 aromatic rings. The summed E-state index contributed by atoms with van der Waals surface area (Å²) in [4.78, 5) is 13.3. The van der Waals surface area contributed by atoms with Gasteiger partial charge >= 0.3 is 0 Å². The van der Waals surface area contributed by atoms with Gasteiger partial charge in [0.1, 0.15) is 0 Å². The monoisotopic (exact) mass is 219 g/mol. The fourth-order valence-corrected chi connectivity index (χ4v) is 2.05. The first-order valence-corrected chi connectivity index (χ1v) is 5.74. The topological polar surface area (TPSA) is 40.5 Å². The molecule has 0 saturated carbocycles. The highest BCUT2D eigenvalue weighted by Crippen LogP contribution is 2.20. The van der Waals surface area contributed by atoms with E-state index in [0.717, 1.165) is 6.42 Å². The van der Waals surface area contributed by atoms with E-state index in [1.807, 2.05) is 11.8 Å². The van der Waals surface area contributed by atoms with Crippen molar-refractivity contribution in [2.45, 2.75) is 32.3 Å². The van der Waals surface area contributed by atoms with Crippen LogP contribution in [0.2, 0.25) is 0 Å². The molecule has 3 nitrogen and oxygen atoms in total. The van der Waals surface area contributed by atoms with Gasteiger partial charge in [-0.1, -0.05) is 6.92 Å². The highest BCUT2D eigenvalue weighted by molar-refractivity contribution is 6.18. The summed E-state index contributed by atoms with van der Waals surface area (Å²) < 4.78 is 0. The Kier molecular flexibility index (Phi) is 4.69. The fourth-order valence-electron chi connectivity index (χ4n) is 1.89. The van der Waals surface area contributed by atoms with Crippen LogP contribution in [0.1, 0.15) is 26.2 Å². The van der Waals surface area contributed by atoms with E-state index < -0.39 is 0 Å². The molecule has 1 saturated heterocycles. The zero-order valence-electron chi connectivity index (χ0n) is 8.58. The minimum absolute atomic E-state index is 0.116. The van der Waals surface area contributed by atoms with Gasteiger partial charge in [-0.25, -0.2) is 0 Å². The maximum Gasteiger partial charge on any atom is 0.223 e. The summed E-state index contributed by atoms with van der Waals surface area (Å²) in [6, 6.07) is 0. The van der Waals surface area contributed by atoms with Crippen molar-refractivity contribution in [1.82, 2.24) is 4.90 Å². The molecule has 1 fully saturated rings. The van der Waals surface area contributed by atoms with Gasteiger partial charge in [-0.05, 0) is 12.8 Å². The van der Waals surface area contributed by atoms with Gasteiger partial charge in [-0.15, -0.1) is 11.6 Å². The summed E-state index contributed by atoms with van der Waals surface area (Å²) in [6.45, 7) is 3.41. The number of carbonyl (C=O) groups excluding carboxylic acids is 1. The largest absolute Gasteiger partial charge is 0.393 e. The average molecular weight is 220 g/mol. The number of piperidine rings is 1. The highest BCUT2D eigenvalue weighted by atomic mass is 35.5. The van der Waals surface area contributed by atoms with E-state index in [0.29, 0.717) is 31.8 Å². The lowest BCUT2D eigenvalue weighted by Gasteiger charge is -2.35. The van der Waals surface area contributed by atoms with Crippen LogP contribution in [-0.2, 0) is 4.79 Å². The van der Waals surface area contributed by atoms with E-state index in [1.54, 1.807) is 0 Å². The van der Waals surface area contributed by atoms with E-state index in [1.165, 1.54) is 0 Å². The molecule has 82 valence electrons. The standard InChI is InChI=1S/C10H18ClNO2/c1-2-8-7-12(6-4-9(8)13)10(14)3-5-11/h8-9,13H,2-7H2,1H3/t8-,9-/m1/s1. The minimum Gasteiger partial charge on any atom is -0.393 e. The Labute approximate surface area is 90.0 Å². The van der Waals surface area contributed by atoms with Gasteiger partial charge in [0.2, 0.25) is 5.91 Å². The number of amides is 1. The number of nitrogens with zero attached hydrogens (tertiary/aromatic N) is 1. The molecule has 2 atom stereocenters. The Balaban J connectivity index is 2.45. The molecule has 0 bridgehead atoms. The molecule has 1 amide bonds. The summed E-state index contributed by atoms with van der Waals surface area (Å²) >= 11 is 5.52. The van der Waals surface area contributed by atoms with Crippen LogP contribution < -0.4 is 0 Å². The maximum atomic E-state index is 11.5. The molecule has 1 N–H and O–H groups in total. The number of hydrogen-bond acceptors (Lipinski definition) is 2. The molecule has 1 rings (SSSR count). The second kappa shape index (κ2) is 5.56. The van der Waals surface area contributed by atoms with Gasteiger partial charge in [-0.2, -0.15) is 0 Å². The van der Waals surface area contributed by atoms with E-state index >= 15 is 0 Å². The first kappa shape index (κ1) is 11.8. The van der Waals surface area contributed by atoms with Crippen molar-refractivity contribution < 1.29 is 9.90 Å². The first-order valence-electron chi connectivity index (χ1n) is 5.20. The van der Waals surface area contributed by atoms with Crippen molar-refractivity contribution in [3.05, 3.63) is 0 Å². The SMILES string of the molecule is CC[C@@H]1CN(C(=O)CCCl)CC[C@H]1O. The number of aliphatic hydroxyl groups is 1. The molecular formula is C10H18ClNO2. The van der Waals surface area contributed by atoms with Gasteiger partial charge < -0.3 is 10.0 Å². The Morgan fingerprint density at radius 1 is 1.64 bits per heavy atom. The van der Waals surface area contributed by atoms with Crippen LogP contribution in [0.5, 0.6) is 0 Å². The molecular weight excluding hydrogens is 202 g/mol. The Hall–Kier alpha value is -0.280. The predicted molar refractivity (Wildman–Crippen MR) is 56.3 cm³/mol. The molecule has 0 aromatic carbocycles. The van der Waals surface area contributed by atoms with Crippen molar-refractivity contribution in [2.75, 3.05) is 19.0 Å². The second-order valence-electron chi connectivity index (χ2n) is 3.80. The number of carbonyl (C=O) groups is 1. The predicted octanol–water partition coefficient (Wildman–Crippen LogP) is 1.23. The van der Waals surface area contributed by atoms with Gasteiger partial charge in [0, 0.05) is 31.3 Å². The van der Waals surface area contributed by atoms with Crippen molar-refractivity contribution in [3.8, 4) is 0 Å². The van der Waals surface area contributed by atoms with Crippen LogP contribution in [0.25, 0.3) is 0 Å². The van der Waals surface area contributed by atoms with E-state index in [-0.39, 0.29) is 17.9 Å². The number of hydrogen-bond donors (Lipinski definition) is 1. The lowest BCUT2D eigenvalue weighted by Crippen LogP contribution is -2.45. The van der Waals surface area contributed by atoms with Crippen LogP contribution in [-0.4, -0.2) is 41.0 Å². The molecule has 1 heterocycles. The van der Waals surface area contributed by atoms with E-state index in [2.05, 4.69) is 0 Å². The lowest BCUT2D eigenvalue weighted by atomic mass is 9.92. The number of likely N-dealkylation sites (tertiary alicyclic amines) is 1. The van der Waals surface area contributed by atoms with Gasteiger partial charge in [0.15, 0.2) is 0 Å². The van der Waals surface area contributed by atoms with Gasteiger partial charge in [0.05, 0.1) is 6.10 Å². The number of alkyl halides is 1. The summed E-state index contributed by atoms with van der Waals surface area (Å²) in [7, 11) is 0. The van der Waals surface area contributed by atoms with Crippen molar-refractivity contribution in [2.24, 2.45) is 5.92 Å². The highest BCUT2D eigenvalue weighted by Gasteiger charge is 2.28. The number of aliphatic hydroxyl groups excluding tert-OH is 1. The summed E-state index contributed by atoms with van der Waals surface area (Å²) in [5, 5.41) is 9.63. The first-order chi connectivity index (χ1) is 6.69. The van der Waals surface area contributed by atoms with Crippen LogP contribution in [0.15, 0.2) is 0 Å². The summed E-state index contributed by atoms with van der Waals surface area (Å²) in [6.07, 6.45) is 1.80. The average Bonchev–Trinajstić information content (AvgIpc) is 2.19. The zero-order chi connectivity index (χ0) is 10.6. The normalized spacial score (nSPS) is 27.8. The second-order valence-corrected chi connectivity index (χ2v) is 4.18. The molecule has 0 aromatic heterocycles. The maximum absolute atomic E-state index is 11.5. The molecule has 0 unspecified atom stereocenters. The molecule has 0 spiro atoms. The third-order valence-corrected chi connectivity index (χ3v) is 3.07. The molecule has 14 heavy (non-hydrogen) atoms. The Morgan fingerprint density at radius 3 is 2.93 bits per heavy atom. The molecule has 4 heteroatoms. The molecule has 1 aliphatic rings. The van der Waals surface area contributed by atoms with E-state index in [9.17, 15) is 9.90 Å². The van der Waals surface area contributed by atoms with Crippen molar-refractivity contribution in [1.29, 1.82) is 0 Å². The third kappa shape index (κ3) is 2.85. The molecule has 0 radical (unpaired) electrons. The third-order valence-electron chi connectivity index (χ3n) is 2.88. The van der Waals surface area contributed by atoms with Crippen molar-refractivity contribution >= 4 is 17.5 Å². The summed E-state index contributed by atoms with van der Waals surface area (Å²) in [5.41, 5.74) is 0. The molecule has 0 aliphatic carbocycles. The van der Waals surface area contributed by atoms with Gasteiger partial charge in [-0.3, -0.25) is 4.79 Å². The van der Waals surface area contributed by atoms with Crippen LogP contribution in [0.4, 0.5) is 0 Å². The Morgan fingerprint density at radius 2 is 2.36 bits per heavy atom. The summed E-state index contributed by atoms with van der Waals surface area (Å²) in [5.74, 6) is 0.739. The molecule has 1 aliphatic heterocycles.